The highest BCUT2D eigenvalue weighted by Crippen LogP contribution is 2.54. The van der Waals surface area contributed by atoms with E-state index in [-0.39, 0.29) is 140 Å². The second kappa shape index (κ2) is 49.7. The number of allylic oxidation sites excluding steroid dienone is 2. The number of rotatable bonds is 40. The van der Waals surface area contributed by atoms with Crippen molar-refractivity contribution >= 4 is 107 Å². The number of ether oxygens (including phenoxy) is 11. The third-order valence-electron chi connectivity index (χ3n) is 34.4. The average Bonchev–Trinajstić information content (AvgIpc) is 1.06. The third-order valence-corrected chi connectivity index (χ3v) is 63.9. The molecule has 26 atom stereocenters. The predicted octanol–water partition coefficient (Wildman–Crippen LogP) is 29.4. The van der Waals surface area contributed by atoms with E-state index in [2.05, 4.69) is 320 Å². The van der Waals surface area contributed by atoms with Crippen LogP contribution in [0.15, 0.2) is 109 Å². The van der Waals surface area contributed by atoms with Gasteiger partial charge in [-0.2, -0.15) is 0 Å². The van der Waals surface area contributed by atoms with Crippen molar-refractivity contribution in [3.05, 3.63) is 120 Å². The number of carbonyl (C=O) groups is 2. The zero-order valence-corrected chi connectivity index (χ0v) is 103. The fourth-order valence-electron chi connectivity index (χ4n) is 18.9. The van der Waals surface area contributed by atoms with E-state index in [4.69, 9.17) is 78.7 Å². The first-order valence-electron chi connectivity index (χ1n) is 52.8. The highest BCUT2D eigenvalue weighted by Gasteiger charge is 2.62. The van der Waals surface area contributed by atoms with Crippen molar-refractivity contribution in [3.8, 4) is 0 Å². The molecule has 139 heavy (non-hydrogen) atoms. The zero-order chi connectivity index (χ0) is 103. The minimum Gasteiger partial charge on any atom is -0.455 e. The Bertz CT molecular complexity index is 3980. The lowest BCUT2D eigenvalue weighted by atomic mass is 9.85. The first-order valence-corrected chi connectivity index (χ1v) is 73.3. The van der Waals surface area contributed by atoms with Gasteiger partial charge in [0.05, 0.1) is 91.0 Å². The minimum atomic E-state index is -2.49. The molecular formula is C112H196I2O19Si6. The molecule has 0 aliphatic carbocycles. The number of alkyl halides is 2. The maximum atomic E-state index is 14.0. The number of hydrogen-bond acceptors (Lipinski definition) is 19. The van der Waals surface area contributed by atoms with Gasteiger partial charge in [-0.3, -0.25) is 0 Å². The van der Waals surface area contributed by atoms with Gasteiger partial charge in [-0.1, -0.05) is 277 Å². The molecule has 0 amide bonds. The van der Waals surface area contributed by atoms with Crippen molar-refractivity contribution < 1.29 is 88.3 Å². The summed E-state index contributed by atoms with van der Waals surface area (Å²) in [6.45, 7) is 88.9. The lowest BCUT2D eigenvalue weighted by molar-refractivity contribution is -0.269. The highest BCUT2D eigenvalue weighted by molar-refractivity contribution is 14.1. The minimum absolute atomic E-state index is 0. The fourth-order valence-corrected chi connectivity index (χ4v) is 28.6. The number of fused-ring (bicyclic) bond motifs is 4. The van der Waals surface area contributed by atoms with Gasteiger partial charge in [0.2, 0.25) is 0 Å². The lowest BCUT2D eigenvalue weighted by Crippen LogP contribution is -2.69. The van der Waals surface area contributed by atoms with Gasteiger partial charge in [0, 0.05) is 28.8 Å². The zero-order valence-electron chi connectivity index (χ0n) is 92.7. The molecule has 27 heteroatoms. The van der Waals surface area contributed by atoms with E-state index in [1.807, 2.05) is 60.7 Å². The first kappa shape index (κ1) is 123. The Morgan fingerprint density at radius 1 is 0.424 bits per heavy atom. The van der Waals surface area contributed by atoms with E-state index in [1.54, 1.807) is 7.11 Å². The molecule has 0 spiro atoms. The fraction of sp³-hybridized carbons (Fsp3) is 0.804. The Balaban J connectivity index is 0.000000338. The van der Waals surface area contributed by atoms with Crippen molar-refractivity contribution in [2.45, 2.75) is 537 Å². The van der Waals surface area contributed by atoms with Crippen LogP contribution in [0.4, 0.5) is 0 Å². The second-order valence-electron chi connectivity index (χ2n) is 51.6. The van der Waals surface area contributed by atoms with Gasteiger partial charge in [0.25, 0.3) is 0 Å². The quantitative estimate of drug-likeness (QED) is 0.0201. The smallest absolute Gasteiger partial charge is 0.338 e. The van der Waals surface area contributed by atoms with Gasteiger partial charge in [-0.05, 0) is 267 Å². The molecule has 2 unspecified atom stereocenters. The molecule has 19 nitrogen and oxygen atoms in total. The molecule has 8 heterocycles. The second-order valence-corrected chi connectivity index (χ2v) is 81.7. The summed E-state index contributed by atoms with van der Waals surface area (Å²) in [5.41, 5.74) is 2.78. The van der Waals surface area contributed by atoms with E-state index < -0.39 is 105 Å². The van der Waals surface area contributed by atoms with E-state index in [0.717, 1.165) is 105 Å². The normalized spacial score (nSPS) is 30.7. The average molecular weight is 2270 g/mol. The van der Waals surface area contributed by atoms with Crippen molar-refractivity contribution in [1.29, 1.82) is 0 Å². The van der Waals surface area contributed by atoms with Gasteiger partial charge >= 0.3 is 11.9 Å². The molecule has 10 rings (SSSR count). The van der Waals surface area contributed by atoms with Crippen LogP contribution < -0.4 is 0 Å². The van der Waals surface area contributed by atoms with E-state index in [0.29, 0.717) is 48.8 Å². The van der Waals surface area contributed by atoms with Crippen LogP contribution in [0, 0.1) is 11.8 Å². The van der Waals surface area contributed by atoms with Gasteiger partial charge < -0.3 is 78.7 Å². The van der Waals surface area contributed by atoms with Crippen LogP contribution in [0.3, 0.4) is 0 Å². The molecule has 8 fully saturated rings. The van der Waals surface area contributed by atoms with Crippen LogP contribution >= 0.6 is 45.2 Å². The van der Waals surface area contributed by atoms with Gasteiger partial charge in [0.1, 0.15) is 72.2 Å². The monoisotopic (exact) mass is 2270 g/mol. The summed E-state index contributed by atoms with van der Waals surface area (Å²) in [5.74, 6) is 0.0976. The van der Waals surface area contributed by atoms with Crippen molar-refractivity contribution in [2.75, 3.05) is 22.6 Å². The molecule has 0 bridgehead atoms. The molecule has 0 saturated carbocycles. The Morgan fingerprint density at radius 2 is 0.741 bits per heavy atom. The molecule has 0 aromatic heterocycles. The number of esters is 2. The molecule has 8 saturated heterocycles. The first-order chi connectivity index (χ1) is 63.7. The number of halogens is 2. The Kier molecular flexibility index (Phi) is 43.9. The van der Waals surface area contributed by atoms with Crippen molar-refractivity contribution in [2.24, 2.45) is 11.8 Å². The summed E-state index contributed by atoms with van der Waals surface area (Å²) in [5, 5.41) is -0.511. The Morgan fingerprint density at radius 3 is 1.05 bits per heavy atom. The molecule has 796 valence electrons. The lowest BCUT2D eigenvalue weighted by Gasteiger charge is -2.56. The maximum Gasteiger partial charge on any atom is 0.338 e. The van der Waals surface area contributed by atoms with Crippen LogP contribution in [0.5, 0.6) is 0 Å². The Hall–Kier alpha value is -1.50. The van der Waals surface area contributed by atoms with E-state index in [1.165, 1.54) is 11.1 Å². The van der Waals surface area contributed by atoms with Crippen molar-refractivity contribution in [3.63, 3.8) is 0 Å². The molecule has 2 aromatic carbocycles. The largest absolute Gasteiger partial charge is 0.455 e. The summed E-state index contributed by atoms with van der Waals surface area (Å²) in [6.07, 6.45) is 18.4. The number of carbonyl (C=O) groups excluding carboxylic acids is 2. The number of hydrogen-bond donors (Lipinski definition) is 0. The molecule has 8 aliphatic rings. The van der Waals surface area contributed by atoms with Crippen molar-refractivity contribution in [1.82, 2.24) is 0 Å². The standard InChI is InChI=1S/C56H97IO9Si3.C55H95IO10Si3.CH4/c1-20-24-41-29-32-45-48(60-41)50(65-68(16,17)54(8,9)10)51(66-69(18,19)55(11,12)13)49(62-45)46(64-67(14,15)53(5,6)7)33-30-42(61-52(58)40-25-22-21-23-26-40)27-28-44-36-56(37-57)47(59-44)34-31-43(63-56)35-39(4)38(2)3;1-37(2)38(3)33-41-29-32-46-55(36-56,63-41)34-42(59-46)26-25-40(61-51(57)39-23-21-20-22-24-39)27-31-45(64-67(14,15)52(4,5)6)48-50(66-69(18,19)54(10,11)12)49(65-68(16,17)53(7,8)9)47-44(62-48)30-28-43(60-47)35-58-13;/h21-23,25-26,30,33,39,41-51H,2,20,24,27-29,31-32,34-37H2,1,3-19H3;20-24,27,31,38,40-50H,1,25-26,28-30,32-36H2,2-19H3;1H4/b33-30+;31-27+;/t39-,41+,42?,43-,44+,45+,46+,47+,48+,49+,50+,51-,56-;38-,40?,41-,42+,43-,44+,45+,46+,47+,48+,49+,50-,55-;/m11./s1. The summed E-state index contributed by atoms with van der Waals surface area (Å²) in [7, 11) is -13.0. The van der Waals surface area contributed by atoms with Crippen LogP contribution in [0.1, 0.15) is 303 Å². The number of methoxy groups -OCH3 is 1. The topological polar surface area (TPSA) is 191 Å². The third kappa shape index (κ3) is 31.8. The predicted molar refractivity (Wildman–Crippen MR) is 602 cm³/mol. The van der Waals surface area contributed by atoms with Crippen LogP contribution in [-0.4, -0.2) is 230 Å². The molecule has 2 aromatic rings. The van der Waals surface area contributed by atoms with Gasteiger partial charge in [-0.25, -0.2) is 9.59 Å². The molecule has 0 N–H and O–H groups in total. The summed E-state index contributed by atoms with van der Waals surface area (Å²) in [4.78, 5) is 28.0. The highest BCUT2D eigenvalue weighted by atomic mass is 127. The summed E-state index contributed by atoms with van der Waals surface area (Å²) < 4.78 is 123. The molecular weight excluding hydrogens is 2070 g/mol. The Labute approximate surface area is 879 Å². The van der Waals surface area contributed by atoms with Crippen LogP contribution in [-0.2, 0) is 78.7 Å². The van der Waals surface area contributed by atoms with Crippen LogP contribution in [0.25, 0.3) is 0 Å². The molecule has 8 aliphatic heterocycles. The van der Waals surface area contributed by atoms with E-state index in [9.17, 15) is 9.59 Å². The van der Waals surface area contributed by atoms with Gasteiger partial charge in [0.15, 0.2) is 49.9 Å². The number of benzene rings is 2. The SMILES string of the molecule is C.C=C(C)[C@H](C)C[C@H]1CC[C@@H]2O[C@@H](CCC(/C=C/[C@H](O[Si](C)(C)C(C)(C)C)[C@@H]3O[C@H]4CC[C@H](CCC)O[C@@H]4[C@H](O[Si](C)(C)C(C)(C)C)[C@@H]3O[Si](C)(C)C(C)(C)C)OC(=O)c3ccccc3)C[C@]2(CI)O1.C=C(C)[C@H](C)C[C@H]1CC[C@@H]2O[C@@H](CCC(/C=C/[C@H](O[Si](C)(C)C(C)(C)C)[C@@H]3O[C@H]4CC[C@H](COC)O[C@@H]4[C@H](O[Si](C)(C)C(C)(C)C)[C@@H]3O[Si](C)(C)C(C)(C)C)OC(=O)c3ccccc3)C[C@]2(CI)O1. The van der Waals surface area contributed by atoms with Crippen LogP contribution in [0.2, 0.25) is 109 Å². The van der Waals surface area contributed by atoms with E-state index >= 15 is 0 Å². The summed E-state index contributed by atoms with van der Waals surface area (Å²) >= 11 is 4.99. The van der Waals surface area contributed by atoms with Gasteiger partial charge in [-0.15, -0.1) is 0 Å². The maximum absolute atomic E-state index is 14.0. The molecule has 0 radical (unpaired) electrons. The summed E-state index contributed by atoms with van der Waals surface area (Å²) in [6, 6.07) is 18.6.